The molecule has 0 spiro atoms. The van der Waals surface area contributed by atoms with Gasteiger partial charge in [0.05, 0.1) is 12.8 Å². The molecular weight excluding hydrogens is 142 g/mol. The zero-order valence-electron chi connectivity index (χ0n) is 6.53. The first kappa shape index (κ1) is 7.61. The van der Waals surface area contributed by atoms with Crippen LogP contribution in [0.3, 0.4) is 0 Å². The molecule has 4 heteroatoms. The highest BCUT2D eigenvalue weighted by molar-refractivity contribution is 5.36. The smallest absolute Gasteiger partial charge is 0.229 e. The Bertz CT molecular complexity index is 284. The zero-order chi connectivity index (χ0) is 8.27. The standard InChI is InChI=1S/C7H9N3O/c1-3-11-7-6(4-8)5-9-10(7)2/h5H,3H2,1-2H3. The lowest BCUT2D eigenvalue weighted by Gasteiger charge is -2.01. The molecule has 0 unspecified atom stereocenters. The zero-order valence-corrected chi connectivity index (χ0v) is 6.53. The summed E-state index contributed by atoms with van der Waals surface area (Å²) in [6.07, 6.45) is 1.49. The predicted octanol–water partition coefficient (Wildman–Crippen LogP) is 0.690. The maximum atomic E-state index is 8.58. The molecule has 0 N–H and O–H groups in total. The van der Waals surface area contributed by atoms with Crippen molar-refractivity contribution in [3.8, 4) is 11.9 Å². The van der Waals surface area contributed by atoms with Gasteiger partial charge in [0.25, 0.3) is 0 Å². The van der Waals surface area contributed by atoms with Gasteiger partial charge < -0.3 is 4.74 Å². The molecule has 4 nitrogen and oxygen atoms in total. The summed E-state index contributed by atoms with van der Waals surface area (Å²) < 4.78 is 6.72. The van der Waals surface area contributed by atoms with Crippen LogP contribution in [0.5, 0.6) is 5.88 Å². The lowest BCUT2D eigenvalue weighted by atomic mass is 10.4. The van der Waals surface area contributed by atoms with E-state index >= 15 is 0 Å². The third-order valence-electron chi connectivity index (χ3n) is 1.29. The third-order valence-corrected chi connectivity index (χ3v) is 1.29. The molecule has 0 fully saturated rings. The van der Waals surface area contributed by atoms with Crippen LogP contribution in [0, 0.1) is 11.3 Å². The Morgan fingerprint density at radius 3 is 3.09 bits per heavy atom. The van der Waals surface area contributed by atoms with Crippen LogP contribution in [-0.2, 0) is 7.05 Å². The average molecular weight is 151 g/mol. The number of hydrogen-bond donors (Lipinski definition) is 0. The molecule has 1 heterocycles. The van der Waals surface area contributed by atoms with E-state index in [0.29, 0.717) is 18.1 Å². The first-order valence-corrected chi connectivity index (χ1v) is 3.34. The Balaban J connectivity index is 3.00. The van der Waals surface area contributed by atoms with Gasteiger partial charge in [-0.1, -0.05) is 0 Å². The largest absolute Gasteiger partial charge is 0.477 e. The number of aryl methyl sites for hydroxylation is 1. The van der Waals surface area contributed by atoms with E-state index in [9.17, 15) is 0 Å². The van der Waals surface area contributed by atoms with Crippen molar-refractivity contribution in [2.45, 2.75) is 6.92 Å². The summed E-state index contributed by atoms with van der Waals surface area (Å²) in [5, 5.41) is 12.5. The highest BCUT2D eigenvalue weighted by atomic mass is 16.5. The van der Waals surface area contributed by atoms with Gasteiger partial charge in [-0.25, -0.2) is 4.68 Å². The molecule has 0 atom stereocenters. The van der Waals surface area contributed by atoms with Gasteiger partial charge in [-0.05, 0) is 6.92 Å². The molecule has 0 amide bonds. The number of rotatable bonds is 2. The summed E-state index contributed by atoms with van der Waals surface area (Å²) >= 11 is 0. The van der Waals surface area contributed by atoms with Crippen molar-refractivity contribution in [2.24, 2.45) is 7.05 Å². The van der Waals surface area contributed by atoms with E-state index in [1.807, 2.05) is 13.0 Å². The fourth-order valence-corrected chi connectivity index (χ4v) is 0.811. The molecule has 0 radical (unpaired) electrons. The fourth-order valence-electron chi connectivity index (χ4n) is 0.811. The Morgan fingerprint density at radius 2 is 2.55 bits per heavy atom. The average Bonchev–Trinajstić information content (AvgIpc) is 2.34. The molecular formula is C7H9N3O. The first-order chi connectivity index (χ1) is 5.29. The molecule has 0 saturated carbocycles. The van der Waals surface area contributed by atoms with Crippen molar-refractivity contribution >= 4 is 0 Å². The van der Waals surface area contributed by atoms with Crippen molar-refractivity contribution in [3.05, 3.63) is 11.8 Å². The van der Waals surface area contributed by atoms with E-state index < -0.39 is 0 Å². The minimum Gasteiger partial charge on any atom is -0.477 e. The van der Waals surface area contributed by atoms with Gasteiger partial charge in [0.2, 0.25) is 5.88 Å². The second kappa shape index (κ2) is 3.06. The van der Waals surface area contributed by atoms with E-state index in [-0.39, 0.29) is 0 Å². The van der Waals surface area contributed by atoms with Crippen LogP contribution in [0.4, 0.5) is 0 Å². The number of hydrogen-bond acceptors (Lipinski definition) is 3. The maximum Gasteiger partial charge on any atom is 0.229 e. The highest BCUT2D eigenvalue weighted by Gasteiger charge is 2.07. The van der Waals surface area contributed by atoms with Crippen molar-refractivity contribution in [1.82, 2.24) is 9.78 Å². The van der Waals surface area contributed by atoms with Crippen LogP contribution >= 0.6 is 0 Å². The minimum atomic E-state index is 0.481. The maximum absolute atomic E-state index is 8.58. The van der Waals surface area contributed by atoms with E-state index in [0.717, 1.165) is 0 Å². The summed E-state index contributed by atoms with van der Waals surface area (Å²) in [4.78, 5) is 0. The molecule has 0 saturated heterocycles. The van der Waals surface area contributed by atoms with Gasteiger partial charge in [-0.3, -0.25) is 0 Å². The first-order valence-electron chi connectivity index (χ1n) is 3.34. The number of aromatic nitrogens is 2. The Labute approximate surface area is 65.0 Å². The molecule has 58 valence electrons. The lowest BCUT2D eigenvalue weighted by molar-refractivity contribution is 0.308. The lowest BCUT2D eigenvalue weighted by Crippen LogP contribution is -2.00. The highest BCUT2D eigenvalue weighted by Crippen LogP contribution is 2.14. The molecule has 11 heavy (non-hydrogen) atoms. The van der Waals surface area contributed by atoms with Crippen LogP contribution in [0.15, 0.2) is 6.20 Å². The minimum absolute atomic E-state index is 0.481. The molecule has 0 aliphatic heterocycles. The number of nitrogens with zero attached hydrogens (tertiary/aromatic N) is 3. The summed E-state index contributed by atoms with van der Waals surface area (Å²) in [6.45, 7) is 2.42. The molecule has 0 aromatic carbocycles. The van der Waals surface area contributed by atoms with E-state index in [1.165, 1.54) is 6.20 Å². The predicted molar refractivity (Wildman–Crippen MR) is 39.1 cm³/mol. The van der Waals surface area contributed by atoms with Gasteiger partial charge in [-0.2, -0.15) is 10.4 Å². The fraction of sp³-hybridized carbons (Fsp3) is 0.429. The van der Waals surface area contributed by atoms with Gasteiger partial charge in [0.1, 0.15) is 11.6 Å². The Hall–Kier alpha value is -1.50. The summed E-state index contributed by atoms with van der Waals surface area (Å²) in [7, 11) is 1.74. The van der Waals surface area contributed by atoms with E-state index in [4.69, 9.17) is 10.00 Å². The molecule has 0 aliphatic carbocycles. The molecule has 1 rings (SSSR count). The normalized spacial score (nSPS) is 9.18. The molecule has 1 aromatic rings. The quantitative estimate of drug-likeness (QED) is 0.624. The second-order valence-corrected chi connectivity index (χ2v) is 2.03. The molecule has 1 aromatic heterocycles. The van der Waals surface area contributed by atoms with Gasteiger partial charge in [0.15, 0.2) is 0 Å². The van der Waals surface area contributed by atoms with Gasteiger partial charge in [0, 0.05) is 7.05 Å². The SMILES string of the molecule is CCOc1c(C#N)cnn1C. The van der Waals surface area contributed by atoms with Crippen molar-refractivity contribution in [2.75, 3.05) is 6.61 Å². The monoisotopic (exact) mass is 151 g/mol. The number of nitriles is 1. The van der Waals surface area contributed by atoms with Crippen molar-refractivity contribution < 1.29 is 4.74 Å². The summed E-state index contributed by atoms with van der Waals surface area (Å²) in [6, 6.07) is 1.99. The van der Waals surface area contributed by atoms with Crippen LogP contribution in [-0.4, -0.2) is 16.4 Å². The number of ether oxygens (including phenoxy) is 1. The Morgan fingerprint density at radius 1 is 1.82 bits per heavy atom. The van der Waals surface area contributed by atoms with E-state index in [2.05, 4.69) is 5.10 Å². The molecule has 0 aliphatic rings. The van der Waals surface area contributed by atoms with Crippen LogP contribution in [0.25, 0.3) is 0 Å². The topological polar surface area (TPSA) is 50.8 Å². The van der Waals surface area contributed by atoms with Crippen molar-refractivity contribution in [3.63, 3.8) is 0 Å². The second-order valence-electron chi connectivity index (χ2n) is 2.03. The molecule has 0 bridgehead atoms. The van der Waals surface area contributed by atoms with Gasteiger partial charge >= 0.3 is 0 Å². The van der Waals surface area contributed by atoms with Gasteiger partial charge in [-0.15, -0.1) is 0 Å². The van der Waals surface area contributed by atoms with Crippen LogP contribution in [0.1, 0.15) is 12.5 Å². The van der Waals surface area contributed by atoms with Crippen LogP contribution < -0.4 is 4.74 Å². The van der Waals surface area contributed by atoms with Crippen LogP contribution in [0.2, 0.25) is 0 Å². The summed E-state index contributed by atoms with van der Waals surface area (Å²) in [5.74, 6) is 0.537. The third kappa shape index (κ3) is 1.32. The summed E-state index contributed by atoms with van der Waals surface area (Å²) in [5.41, 5.74) is 0.481. The van der Waals surface area contributed by atoms with Crippen molar-refractivity contribution in [1.29, 1.82) is 5.26 Å². The Kier molecular flexibility index (Phi) is 2.12. The van der Waals surface area contributed by atoms with E-state index in [1.54, 1.807) is 11.7 Å².